The molecule has 6 nitrogen and oxygen atoms in total. The summed E-state index contributed by atoms with van der Waals surface area (Å²) >= 11 is 0. The first kappa shape index (κ1) is 26.5. The molecule has 6 aliphatic rings. The van der Waals surface area contributed by atoms with Crippen LogP contribution < -0.4 is 5.32 Å². The van der Waals surface area contributed by atoms with Crippen LogP contribution in [-0.4, -0.2) is 47.7 Å². The lowest BCUT2D eigenvalue weighted by molar-refractivity contribution is -0.117. The fourth-order valence-electron chi connectivity index (χ4n) is 9.94. The van der Waals surface area contributed by atoms with Gasteiger partial charge in [0.05, 0.1) is 5.71 Å². The van der Waals surface area contributed by atoms with E-state index in [1.165, 1.54) is 37.7 Å². The molecule has 0 aromatic heterocycles. The standard InChI is InChI=1S/C32H49N3O3/c1-20-16-23(33-18-20)19-35(24-6-5-7-24)30(37)38-34-21(2)27-10-11-28-26-9-8-22-17-25(36)12-14-31(22,3)29(26)13-15-32(27,28)4/h17,20,23-24,26-29,33H,5-16,18-19H2,1-4H3/b34-21+/t20?,23?,26-,27+,28-,29-,31-,32+/m0/s1. The molecule has 1 heterocycles. The van der Waals surface area contributed by atoms with Gasteiger partial charge in [-0.05, 0) is 125 Å². The van der Waals surface area contributed by atoms with Crippen molar-refractivity contribution in [2.24, 2.45) is 45.6 Å². The number of hydrogen-bond acceptors (Lipinski definition) is 5. The number of rotatable bonds is 5. The summed E-state index contributed by atoms with van der Waals surface area (Å²) in [5, 5.41) is 8.12. The average Bonchev–Trinajstić information content (AvgIpc) is 3.43. The van der Waals surface area contributed by atoms with Crippen LogP contribution >= 0.6 is 0 Å². The molecule has 0 aromatic carbocycles. The maximum Gasteiger partial charge on any atom is 0.436 e. The molecule has 0 bridgehead atoms. The van der Waals surface area contributed by atoms with Gasteiger partial charge in [-0.25, -0.2) is 4.79 Å². The van der Waals surface area contributed by atoms with Crippen molar-refractivity contribution in [2.45, 2.75) is 117 Å². The number of amides is 1. The number of fused-ring (bicyclic) bond motifs is 5. The Morgan fingerprint density at radius 2 is 1.92 bits per heavy atom. The minimum atomic E-state index is -0.259. The third-order valence-electron chi connectivity index (χ3n) is 12.3. The molecule has 1 saturated heterocycles. The molecule has 4 saturated carbocycles. The topological polar surface area (TPSA) is 71.0 Å². The largest absolute Gasteiger partial charge is 0.436 e. The Morgan fingerprint density at radius 3 is 2.63 bits per heavy atom. The average molecular weight is 524 g/mol. The number of carbonyl (C=O) groups is 2. The maximum absolute atomic E-state index is 13.2. The van der Waals surface area contributed by atoms with Crippen LogP contribution in [0.2, 0.25) is 0 Å². The Kier molecular flexibility index (Phi) is 7.02. The van der Waals surface area contributed by atoms with Gasteiger partial charge in [0.2, 0.25) is 0 Å². The van der Waals surface area contributed by atoms with Crippen molar-refractivity contribution in [1.82, 2.24) is 10.2 Å². The van der Waals surface area contributed by atoms with Crippen LogP contribution in [0.4, 0.5) is 4.79 Å². The summed E-state index contributed by atoms with van der Waals surface area (Å²) in [5.74, 6) is 3.52. The van der Waals surface area contributed by atoms with Crippen molar-refractivity contribution in [3.8, 4) is 0 Å². The zero-order valence-corrected chi connectivity index (χ0v) is 24.1. The highest BCUT2D eigenvalue weighted by atomic mass is 16.7. The molecule has 6 heteroatoms. The van der Waals surface area contributed by atoms with Crippen LogP contribution in [0, 0.1) is 40.4 Å². The van der Waals surface area contributed by atoms with Crippen LogP contribution in [0.5, 0.6) is 0 Å². The number of ketones is 1. The lowest BCUT2D eigenvalue weighted by Crippen LogP contribution is -2.51. The van der Waals surface area contributed by atoms with E-state index in [0.29, 0.717) is 41.5 Å². The van der Waals surface area contributed by atoms with Crippen molar-refractivity contribution in [1.29, 1.82) is 0 Å². The summed E-state index contributed by atoms with van der Waals surface area (Å²) in [6.07, 6.45) is 15.1. The third-order valence-corrected chi connectivity index (χ3v) is 12.3. The number of nitrogens with zero attached hydrogens (tertiary/aromatic N) is 2. The van der Waals surface area contributed by atoms with Crippen LogP contribution in [0.1, 0.15) is 105 Å². The fraction of sp³-hybridized carbons (Fsp3) is 0.844. The first-order valence-electron chi connectivity index (χ1n) is 15.7. The molecule has 1 N–H and O–H groups in total. The first-order chi connectivity index (χ1) is 18.2. The van der Waals surface area contributed by atoms with Crippen molar-refractivity contribution >= 4 is 17.6 Å². The minimum Gasteiger partial charge on any atom is -0.312 e. The second-order valence-electron chi connectivity index (χ2n) is 14.4. The molecule has 5 aliphatic carbocycles. The van der Waals surface area contributed by atoms with Gasteiger partial charge in [-0.1, -0.05) is 31.5 Å². The Balaban J connectivity index is 1.13. The van der Waals surface area contributed by atoms with Gasteiger partial charge >= 0.3 is 6.09 Å². The van der Waals surface area contributed by atoms with E-state index >= 15 is 0 Å². The summed E-state index contributed by atoms with van der Waals surface area (Å²) in [7, 11) is 0. The van der Waals surface area contributed by atoms with Crippen LogP contribution in [0.3, 0.4) is 0 Å². The molecule has 1 amide bonds. The molecule has 210 valence electrons. The number of nitrogens with one attached hydrogen (secondary N) is 1. The van der Waals surface area contributed by atoms with Gasteiger partial charge in [-0.3, -0.25) is 9.63 Å². The van der Waals surface area contributed by atoms with E-state index in [0.717, 1.165) is 69.7 Å². The molecular formula is C32H49N3O3. The molecule has 2 unspecified atom stereocenters. The summed E-state index contributed by atoms with van der Waals surface area (Å²) in [4.78, 5) is 33.1. The van der Waals surface area contributed by atoms with Crippen molar-refractivity contribution < 1.29 is 14.4 Å². The molecule has 38 heavy (non-hydrogen) atoms. The molecule has 6 rings (SSSR count). The summed E-state index contributed by atoms with van der Waals surface area (Å²) < 4.78 is 0. The summed E-state index contributed by atoms with van der Waals surface area (Å²) in [5.41, 5.74) is 2.89. The number of carbonyl (C=O) groups excluding carboxylic acids is 2. The molecule has 5 fully saturated rings. The van der Waals surface area contributed by atoms with E-state index in [2.05, 4.69) is 38.2 Å². The van der Waals surface area contributed by atoms with Gasteiger partial charge in [0.1, 0.15) is 0 Å². The number of hydrogen-bond donors (Lipinski definition) is 1. The zero-order valence-electron chi connectivity index (χ0n) is 24.1. The van der Waals surface area contributed by atoms with Crippen molar-refractivity contribution in [3.63, 3.8) is 0 Å². The van der Waals surface area contributed by atoms with E-state index in [1.807, 2.05) is 11.0 Å². The lowest BCUT2D eigenvalue weighted by Gasteiger charge is -2.58. The predicted molar refractivity (Wildman–Crippen MR) is 150 cm³/mol. The van der Waals surface area contributed by atoms with Crippen molar-refractivity contribution in [3.05, 3.63) is 11.6 Å². The van der Waals surface area contributed by atoms with Gasteiger partial charge in [-0.2, -0.15) is 0 Å². The van der Waals surface area contributed by atoms with Crippen LogP contribution in [0.25, 0.3) is 0 Å². The SMILES string of the molecule is C/C(=N\OC(=O)N(CC1CC(C)CN1)C1CCC1)[C@H]1CC[C@H]2[C@@H]3CCC4=CC(=O)CC[C@]4(C)[C@H]3CC[C@]12C. The van der Waals surface area contributed by atoms with E-state index in [1.54, 1.807) is 0 Å². The Bertz CT molecular complexity index is 1020. The van der Waals surface area contributed by atoms with E-state index < -0.39 is 0 Å². The van der Waals surface area contributed by atoms with E-state index in [4.69, 9.17) is 4.84 Å². The molecule has 8 atom stereocenters. The molecular weight excluding hydrogens is 474 g/mol. The zero-order chi connectivity index (χ0) is 26.7. The normalized spacial score (nSPS) is 43.0. The number of oxime groups is 1. The molecule has 0 radical (unpaired) electrons. The smallest absolute Gasteiger partial charge is 0.312 e. The van der Waals surface area contributed by atoms with Crippen LogP contribution in [-0.2, 0) is 9.63 Å². The second kappa shape index (κ2) is 10.1. The van der Waals surface area contributed by atoms with Gasteiger partial charge < -0.3 is 10.2 Å². The molecule has 0 aromatic rings. The maximum atomic E-state index is 13.2. The van der Waals surface area contributed by atoms with Crippen LogP contribution in [0.15, 0.2) is 16.8 Å². The minimum absolute atomic E-state index is 0.214. The predicted octanol–water partition coefficient (Wildman–Crippen LogP) is 6.50. The van der Waals surface area contributed by atoms with E-state index in [-0.39, 0.29) is 16.9 Å². The summed E-state index contributed by atoms with van der Waals surface area (Å²) in [6.45, 7) is 11.1. The van der Waals surface area contributed by atoms with Gasteiger partial charge in [0, 0.05) is 31.0 Å². The van der Waals surface area contributed by atoms with Crippen molar-refractivity contribution in [2.75, 3.05) is 13.1 Å². The highest BCUT2D eigenvalue weighted by Gasteiger charge is 2.59. The fourth-order valence-corrected chi connectivity index (χ4v) is 9.94. The Hall–Kier alpha value is -1.69. The monoisotopic (exact) mass is 523 g/mol. The Labute approximate surface area is 229 Å². The van der Waals surface area contributed by atoms with E-state index in [9.17, 15) is 9.59 Å². The Morgan fingerprint density at radius 1 is 1.11 bits per heavy atom. The molecule has 0 spiro atoms. The third kappa shape index (κ3) is 4.47. The van der Waals surface area contributed by atoms with Gasteiger partial charge in [0.25, 0.3) is 0 Å². The second-order valence-corrected chi connectivity index (χ2v) is 14.4. The quantitative estimate of drug-likeness (QED) is 0.254. The summed E-state index contributed by atoms with van der Waals surface area (Å²) in [6, 6.07) is 0.670. The highest BCUT2D eigenvalue weighted by Crippen LogP contribution is 2.66. The highest BCUT2D eigenvalue weighted by molar-refractivity contribution is 5.91. The lowest BCUT2D eigenvalue weighted by atomic mass is 9.46. The van der Waals surface area contributed by atoms with Gasteiger partial charge in [0.15, 0.2) is 5.78 Å². The van der Waals surface area contributed by atoms with Gasteiger partial charge in [-0.15, -0.1) is 0 Å². The number of allylic oxidation sites excluding steroid dienone is 1. The first-order valence-corrected chi connectivity index (χ1v) is 15.7. The molecule has 1 aliphatic heterocycles.